The number of ether oxygens (including phenoxy) is 1. The van der Waals surface area contributed by atoms with Crippen molar-refractivity contribution in [3.05, 3.63) is 35.9 Å². The van der Waals surface area contributed by atoms with Crippen molar-refractivity contribution in [2.24, 2.45) is 11.5 Å². The van der Waals surface area contributed by atoms with E-state index in [1.165, 1.54) is 6.92 Å². The van der Waals surface area contributed by atoms with Crippen LogP contribution < -0.4 is 16.8 Å². The quantitative estimate of drug-likeness (QED) is 0.372. The molecule has 0 bridgehead atoms. The van der Waals surface area contributed by atoms with Gasteiger partial charge in [-0.25, -0.2) is 4.79 Å². The fraction of sp³-hybridized carbons (Fsp3) is 0.467. The average Bonchev–Trinajstić information content (AvgIpc) is 2.53. The van der Waals surface area contributed by atoms with Crippen LogP contribution in [0.4, 0.5) is 0 Å². The van der Waals surface area contributed by atoms with Gasteiger partial charge in [-0.15, -0.1) is 0 Å². The first-order valence-corrected chi connectivity index (χ1v) is 9.33. The maximum atomic E-state index is 12.2. The van der Waals surface area contributed by atoms with Crippen molar-refractivity contribution in [3.63, 3.8) is 0 Å². The molecule has 0 spiro atoms. The number of amides is 1. The molecule has 1 aromatic carbocycles. The molecule has 1 rings (SSSR count). The van der Waals surface area contributed by atoms with Crippen LogP contribution in [0, 0.1) is 0 Å². The summed E-state index contributed by atoms with van der Waals surface area (Å²) < 4.78 is 16.6. The predicted octanol–water partition coefficient (Wildman–Crippen LogP) is -0.211. The van der Waals surface area contributed by atoms with E-state index in [9.17, 15) is 19.0 Å². The highest BCUT2D eigenvalue weighted by atomic mass is 31.2. The fourth-order valence-electron chi connectivity index (χ4n) is 1.99. The summed E-state index contributed by atoms with van der Waals surface area (Å²) in [7, 11) is -2.69. The Hall–Kier alpha value is -1.73. The van der Waals surface area contributed by atoms with Gasteiger partial charge in [-0.2, -0.15) is 0 Å². The van der Waals surface area contributed by atoms with Crippen LogP contribution >= 0.6 is 7.37 Å². The Morgan fingerprint density at radius 2 is 1.88 bits per heavy atom. The van der Waals surface area contributed by atoms with Crippen LogP contribution in [0.1, 0.15) is 12.5 Å². The van der Waals surface area contributed by atoms with E-state index in [1.807, 2.05) is 30.3 Å². The van der Waals surface area contributed by atoms with Crippen molar-refractivity contribution in [2.45, 2.75) is 31.2 Å². The molecule has 8 nitrogen and oxygen atoms in total. The topological polar surface area (TPSA) is 145 Å². The summed E-state index contributed by atoms with van der Waals surface area (Å²) in [4.78, 5) is 33.8. The third kappa shape index (κ3) is 6.05. The van der Waals surface area contributed by atoms with Crippen LogP contribution in [0.5, 0.6) is 0 Å². The van der Waals surface area contributed by atoms with Crippen molar-refractivity contribution >= 4 is 19.2 Å². The second kappa shape index (κ2) is 8.94. The van der Waals surface area contributed by atoms with Gasteiger partial charge in [0.25, 0.3) is 0 Å². The molecule has 6 N–H and O–H groups in total. The summed E-state index contributed by atoms with van der Waals surface area (Å²) in [6.45, 7) is 1.36. The van der Waals surface area contributed by atoms with Crippen LogP contribution in [0.2, 0.25) is 0 Å². The summed E-state index contributed by atoms with van der Waals surface area (Å²) in [5.41, 5.74) is 12.2. The summed E-state index contributed by atoms with van der Waals surface area (Å²) in [5.74, 6) is -2.47. The molecule has 1 aromatic rings. The number of nitrogens with two attached hydrogens (primary N) is 2. The lowest BCUT2D eigenvalue weighted by Gasteiger charge is -2.23. The minimum absolute atomic E-state index is 0.268. The van der Waals surface area contributed by atoms with Gasteiger partial charge in [-0.1, -0.05) is 30.3 Å². The molecular formula is C15H24N3O5P. The molecule has 24 heavy (non-hydrogen) atoms. The van der Waals surface area contributed by atoms with Gasteiger partial charge in [0.05, 0.1) is 25.1 Å². The molecule has 4 atom stereocenters. The van der Waals surface area contributed by atoms with Crippen molar-refractivity contribution in [1.82, 2.24) is 5.32 Å². The van der Waals surface area contributed by atoms with Gasteiger partial charge in [-0.3, -0.25) is 9.36 Å². The van der Waals surface area contributed by atoms with Gasteiger partial charge < -0.3 is 26.4 Å². The van der Waals surface area contributed by atoms with Gasteiger partial charge in [0.1, 0.15) is 6.04 Å². The minimum atomic E-state index is -3.82. The summed E-state index contributed by atoms with van der Waals surface area (Å²) in [6.07, 6.45) is -0.244. The maximum absolute atomic E-state index is 12.2. The smallest absolute Gasteiger partial charge is 0.328 e. The van der Waals surface area contributed by atoms with E-state index in [-0.39, 0.29) is 6.42 Å². The number of carbonyl (C=O) groups excluding carboxylic acids is 2. The van der Waals surface area contributed by atoms with Crippen LogP contribution in [0.3, 0.4) is 0 Å². The third-order valence-electron chi connectivity index (χ3n) is 3.52. The Kier molecular flexibility index (Phi) is 7.57. The molecule has 0 heterocycles. The average molecular weight is 357 g/mol. The first-order chi connectivity index (χ1) is 11.2. The van der Waals surface area contributed by atoms with Crippen LogP contribution in [-0.2, 0) is 25.3 Å². The van der Waals surface area contributed by atoms with Crippen molar-refractivity contribution < 1.29 is 23.8 Å². The number of carbonyl (C=O) groups is 2. The zero-order chi connectivity index (χ0) is 18.3. The molecule has 0 radical (unpaired) electrons. The minimum Gasteiger partial charge on any atom is -0.467 e. The number of hydrogen-bond donors (Lipinski definition) is 4. The molecule has 9 heteroatoms. The highest BCUT2D eigenvalue weighted by Gasteiger charge is 2.34. The van der Waals surface area contributed by atoms with E-state index in [1.54, 1.807) is 0 Å². The first kappa shape index (κ1) is 20.3. The monoisotopic (exact) mass is 357 g/mol. The molecular weight excluding hydrogens is 333 g/mol. The Bertz CT molecular complexity index is 608. The lowest BCUT2D eigenvalue weighted by Crippen LogP contribution is -2.51. The van der Waals surface area contributed by atoms with E-state index in [2.05, 4.69) is 10.1 Å². The molecule has 0 aliphatic carbocycles. The normalized spacial score (nSPS) is 17.2. The number of hydrogen-bond acceptors (Lipinski definition) is 6. The number of esters is 1. The Morgan fingerprint density at radius 1 is 1.29 bits per heavy atom. The summed E-state index contributed by atoms with van der Waals surface area (Å²) in [6, 6.07) is 6.93. The van der Waals surface area contributed by atoms with E-state index < -0.39 is 43.3 Å². The molecule has 0 fully saturated rings. The molecule has 0 aliphatic heterocycles. The molecule has 0 saturated heterocycles. The first-order valence-electron chi connectivity index (χ1n) is 7.42. The molecule has 1 amide bonds. The van der Waals surface area contributed by atoms with Crippen molar-refractivity contribution in [2.75, 3.05) is 13.3 Å². The van der Waals surface area contributed by atoms with Crippen LogP contribution in [0.25, 0.3) is 0 Å². The second-order valence-corrected chi connectivity index (χ2v) is 8.25. The van der Waals surface area contributed by atoms with E-state index >= 15 is 0 Å². The summed E-state index contributed by atoms with van der Waals surface area (Å²) >= 11 is 0. The highest BCUT2D eigenvalue weighted by molar-refractivity contribution is 7.58. The van der Waals surface area contributed by atoms with E-state index in [0.717, 1.165) is 12.7 Å². The third-order valence-corrected chi connectivity index (χ3v) is 5.68. The summed E-state index contributed by atoms with van der Waals surface area (Å²) in [5, 5.41) is 2.37. The Balaban J connectivity index is 2.77. The Morgan fingerprint density at radius 3 is 2.38 bits per heavy atom. The molecule has 0 aliphatic rings. The predicted molar refractivity (Wildman–Crippen MR) is 90.4 cm³/mol. The van der Waals surface area contributed by atoms with E-state index in [0.29, 0.717) is 0 Å². The number of benzene rings is 1. The molecule has 134 valence electrons. The van der Waals surface area contributed by atoms with Crippen LogP contribution in [0.15, 0.2) is 30.3 Å². The van der Waals surface area contributed by atoms with Gasteiger partial charge >= 0.3 is 5.97 Å². The van der Waals surface area contributed by atoms with E-state index in [4.69, 9.17) is 11.5 Å². The number of methoxy groups -OCH3 is 1. The largest absolute Gasteiger partial charge is 0.467 e. The lowest BCUT2D eigenvalue weighted by atomic mass is 10.1. The van der Waals surface area contributed by atoms with Gasteiger partial charge in [0, 0.05) is 0 Å². The van der Waals surface area contributed by atoms with Crippen molar-refractivity contribution in [1.29, 1.82) is 0 Å². The van der Waals surface area contributed by atoms with Crippen molar-refractivity contribution in [3.8, 4) is 0 Å². The van der Waals surface area contributed by atoms with Gasteiger partial charge in [-0.05, 0) is 18.9 Å². The molecule has 0 saturated carbocycles. The van der Waals surface area contributed by atoms with Crippen LogP contribution in [-0.4, -0.2) is 47.9 Å². The fourth-order valence-corrected chi connectivity index (χ4v) is 3.08. The zero-order valence-corrected chi connectivity index (χ0v) is 14.6. The maximum Gasteiger partial charge on any atom is 0.328 e. The lowest BCUT2D eigenvalue weighted by molar-refractivity contribution is -0.144. The van der Waals surface area contributed by atoms with Gasteiger partial charge in [0.2, 0.25) is 13.3 Å². The molecule has 3 unspecified atom stereocenters. The Labute approximate surface area is 141 Å². The number of rotatable bonds is 8. The highest BCUT2D eigenvalue weighted by Crippen LogP contribution is 2.44. The number of nitrogens with one attached hydrogen (secondary N) is 1. The zero-order valence-electron chi connectivity index (χ0n) is 13.7. The molecule has 0 aromatic heterocycles. The SMILES string of the molecule is COC(=O)C(CP(=O)(O)C(C)N)NC(=O)[C@H](N)Cc1ccccc1. The van der Waals surface area contributed by atoms with Gasteiger partial charge in [0.15, 0.2) is 0 Å². The second-order valence-electron chi connectivity index (χ2n) is 5.56. The standard InChI is InChI=1S/C15H24N3O5P/c1-10(16)24(21,22)9-13(15(20)23-2)18-14(19)12(17)8-11-6-4-3-5-7-11/h3-7,10,12-13H,8-9,16-17H2,1-2H3,(H,18,19)(H,21,22)/t10?,12-,13?/m1/s1.